The van der Waals surface area contributed by atoms with Crippen molar-refractivity contribution in [2.75, 3.05) is 40.9 Å². The lowest BCUT2D eigenvalue weighted by atomic mass is 10.0. The number of unbranched alkanes of at least 4 members (excludes halogenated alkanes) is 18. The summed E-state index contributed by atoms with van der Waals surface area (Å²) in [5, 5.41) is 13.7. The lowest BCUT2D eigenvalue weighted by Gasteiger charge is -2.25. The molecule has 0 aromatic carbocycles. The Kier molecular flexibility index (Phi) is 31.8. The Balaban J connectivity index is 4.50. The summed E-state index contributed by atoms with van der Waals surface area (Å²) in [6.45, 7) is 4.69. The van der Waals surface area contributed by atoms with Gasteiger partial charge >= 0.3 is 7.82 Å². The number of carbonyl (C=O) groups excluding carboxylic acids is 1. The predicted octanol–water partition coefficient (Wildman–Crippen LogP) is 10.4. The number of hydrogen-bond acceptors (Lipinski definition) is 5. The molecule has 288 valence electrons. The summed E-state index contributed by atoms with van der Waals surface area (Å²) < 4.78 is 23.4. The number of rotatable bonds is 35. The van der Waals surface area contributed by atoms with E-state index < -0.39 is 20.0 Å². The molecule has 0 aromatic rings. The van der Waals surface area contributed by atoms with E-state index >= 15 is 0 Å². The van der Waals surface area contributed by atoms with E-state index in [1.165, 1.54) is 89.9 Å². The number of allylic oxidation sites excluding steroid dienone is 5. The zero-order valence-electron chi connectivity index (χ0n) is 32.4. The van der Waals surface area contributed by atoms with E-state index in [9.17, 15) is 19.4 Å². The molecule has 0 bridgehead atoms. The van der Waals surface area contributed by atoms with Gasteiger partial charge in [-0.05, 0) is 38.5 Å². The molecule has 0 aliphatic rings. The number of aliphatic hydroxyl groups excluding tert-OH is 1. The second-order valence-corrected chi connectivity index (χ2v) is 16.1. The molecular weight excluding hydrogens is 635 g/mol. The molecule has 0 rings (SSSR count). The predicted molar refractivity (Wildman–Crippen MR) is 208 cm³/mol. The summed E-state index contributed by atoms with van der Waals surface area (Å²) in [7, 11) is 1.54. The fourth-order valence-electron chi connectivity index (χ4n) is 5.37. The van der Waals surface area contributed by atoms with Gasteiger partial charge in [0, 0.05) is 6.42 Å². The van der Waals surface area contributed by atoms with Crippen LogP contribution < -0.4 is 5.32 Å². The fraction of sp³-hybridized carbons (Fsp3) is 0.825. The Morgan fingerprint density at radius 1 is 0.673 bits per heavy atom. The minimum atomic E-state index is -4.34. The zero-order chi connectivity index (χ0) is 36.5. The van der Waals surface area contributed by atoms with E-state index in [2.05, 4.69) is 43.5 Å². The molecule has 1 amide bonds. The van der Waals surface area contributed by atoms with Gasteiger partial charge in [0.2, 0.25) is 5.91 Å². The third-order valence-electron chi connectivity index (χ3n) is 8.57. The molecule has 0 heterocycles. The highest BCUT2D eigenvalue weighted by molar-refractivity contribution is 7.47. The highest BCUT2D eigenvalue weighted by Crippen LogP contribution is 2.43. The summed E-state index contributed by atoms with van der Waals surface area (Å²) in [6, 6.07) is -0.863. The summed E-state index contributed by atoms with van der Waals surface area (Å²) in [6.07, 6.45) is 37.8. The van der Waals surface area contributed by atoms with E-state index in [0.29, 0.717) is 17.4 Å². The molecule has 49 heavy (non-hydrogen) atoms. The van der Waals surface area contributed by atoms with Crippen molar-refractivity contribution in [3.63, 3.8) is 0 Å². The van der Waals surface area contributed by atoms with Crippen molar-refractivity contribution in [1.29, 1.82) is 0 Å². The average molecular weight is 714 g/mol. The second-order valence-electron chi connectivity index (χ2n) is 14.6. The molecule has 0 spiro atoms. The van der Waals surface area contributed by atoms with Crippen LogP contribution in [0.5, 0.6) is 0 Å². The maximum absolute atomic E-state index is 12.8. The van der Waals surface area contributed by atoms with Crippen LogP contribution in [-0.2, 0) is 18.4 Å². The molecule has 0 aliphatic carbocycles. The molecule has 0 aliphatic heterocycles. The van der Waals surface area contributed by atoms with E-state index in [4.69, 9.17) is 9.05 Å². The van der Waals surface area contributed by atoms with Crippen LogP contribution in [-0.4, -0.2) is 73.4 Å². The number of nitrogens with zero attached hydrogens (tertiary/aromatic N) is 1. The molecule has 3 N–H and O–H groups in total. The minimum Gasteiger partial charge on any atom is -0.387 e. The first-order valence-electron chi connectivity index (χ1n) is 19.9. The number of likely N-dealkylation sites (N-methyl/N-ethyl adjacent to an activating group) is 1. The van der Waals surface area contributed by atoms with Crippen LogP contribution in [0, 0.1) is 0 Å². The average Bonchev–Trinajstić information content (AvgIpc) is 3.04. The van der Waals surface area contributed by atoms with Crippen LogP contribution in [0.4, 0.5) is 0 Å². The first-order chi connectivity index (χ1) is 23.5. The van der Waals surface area contributed by atoms with Gasteiger partial charge in [0.05, 0.1) is 39.9 Å². The minimum absolute atomic E-state index is 0.0541. The van der Waals surface area contributed by atoms with E-state index in [1.54, 1.807) is 6.08 Å². The normalized spacial score (nSPS) is 15.0. The van der Waals surface area contributed by atoms with Crippen molar-refractivity contribution in [2.24, 2.45) is 0 Å². The van der Waals surface area contributed by atoms with Gasteiger partial charge < -0.3 is 19.8 Å². The molecular formula is C40H78N2O6P+. The molecule has 0 radical (unpaired) electrons. The largest absolute Gasteiger partial charge is 0.472 e. The summed E-state index contributed by atoms with van der Waals surface area (Å²) >= 11 is 0. The smallest absolute Gasteiger partial charge is 0.387 e. The first kappa shape index (κ1) is 47.7. The van der Waals surface area contributed by atoms with Crippen molar-refractivity contribution in [1.82, 2.24) is 5.32 Å². The van der Waals surface area contributed by atoms with Gasteiger partial charge in [-0.2, -0.15) is 0 Å². The Morgan fingerprint density at radius 2 is 1.12 bits per heavy atom. The number of quaternary nitrogens is 1. The molecule has 8 nitrogen and oxygen atoms in total. The summed E-state index contributed by atoms with van der Waals surface area (Å²) in [5.74, 6) is -0.193. The molecule has 9 heteroatoms. The van der Waals surface area contributed by atoms with Gasteiger partial charge in [-0.1, -0.05) is 153 Å². The van der Waals surface area contributed by atoms with E-state index in [1.807, 2.05) is 27.2 Å². The monoisotopic (exact) mass is 714 g/mol. The summed E-state index contributed by atoms with van der Waals surface area (Å²) in [5.41, 5.74) is 0. The first-order valence-corrected chi connectivity index (χ1v) is 21.4. The third-order valence-corrected chi connectivity index (χ3v) is 9.56. The van der Waals surface area contributed by atoms with Gasteiger partial charge in [-0.3, -0.25) is 13.8 Å². The topological polar surface area (TPSA) is 105 Å². The highest BCUT2D eigenvalue weighted by Gasteiger charge is 2.27. The molecule has 3 unspecified atom stereocenters. The van der Waals surface area contributed by atoms with Crippen molar-refractivity contribution in [3.8, 4) is 0 Å². The maximum atomic E-state index is 12.8. The molecule has 0 saturated heterocycles. The Hall–Kier alpha value is -1.28. The number of nitrogens with one attached hydrogen (secondary N) is 1. The second kappa shape index (κ2) is 32.6. The van der Waals surface area contributed by atoms with Gasteiger partial charge in [-0.15, -0.1) is 0 Å². The molecule has 0 aromatic heterocycles. The SMILES string of the molecule is CCC/C=C/CC/C=C/CC/C=C/C(O)C(COP(=O)(O)OCC[N+](C)(C)C)NC(=O)CCCCCCCCCCCCCCCCCC. The lowest BCUT2D eigenvalue weighted by molar-refractivity contribution is -0.870. The number of amides is 1. The molecule has 0 fully saturated rings. The van der Waals surface area contributed by atoms with Crippen LogP contribution >= 0.6 is 7.82 Å². The van der Waals surface area contributed by atoms with Crippen LogP contribution in [0.3, 0.4) is 0 Å². The third kappa shape index (κ3) is 34.9. The number of aliphatic hydroxyl groups is 1. The molecule has 3 atom stereocenters. The zero-order valence-corrected chi connectivity index (χ0v) is 33.3. The number of hydrogen-bond donors (Lipinski definition) is 3. The fourth-order valence-corrected chi connectivity index (χ4v) is 6.11. The van der Waals surface area contributed by atoms with Crippen LogP contribution in [0.25, 0.3) is 0 Å². The van der Waals surface area contributed by atoms with Gasteiger partial charge in [0.25, 0.3) is 0 Å². The quantitative estimate of drug-likeness (QED) is 0.0261. The number of phosphoric ester groups is 1. The van der Waals surface area contributed by atoms with Crippen molar-refractivity contribution < 1.29 is 32.9 Å². The maximum Gasteiger partial charge on any atom is 0.472 e. The lowest BCUT2D eigenvalue weighted by Crippen LogP contribution is -2.45. The Morgan fingerprint density at radius 3 is 1.59 bits per heavy atom. The number of carbonyl (C=O) groups is 1. The van der Waals surface area contributed by atoms with Crippen LogP contribution in [0.2, 0.25) is 0 Å². The van der Waals surface area contributed by atoms with Crippen molar-refractivity contribution in [2.45, 2.75) is 174 Å². The molecule has 0 saturated carbocycles. The van der Waals surface area contributed by atoms with Crippen molar-refractivity contribution >= 4 is 13.7 Å². The number of phosphoric acid groups is 1. The van der Waals surface area contributed by atoms with Crippen LogP contribution in [0.1, 0.15) is 162 Å². The van der Waals surface area contributed by atoms with Gasteiger partial charge in [0.1, 0.15) is 13.2 Å². The van der Waals surface area contributed by atoms with Crippen LogP contribution in [0.15, 0.2) is 36.5 Å². The summed E-state index contributed by atoms with van der Waals surface area (Å²) in [4.78, 5) is 23.0. The Bertz CT molecular complexity index is 902. The van der Waals surface area contributed by atoms with E-state index in [0.717, 1.165) is 51.4 Å². The Labute approximate surface area is 302 Å². The van der Waals surface area contributed by atoms with Crippen molar-refractivity contribution in [3.05, 3.63) is 36.5 Å². The van der Waals surface area contributed by atoms with Gasteiger partial charge in [0.15, 0.2) is 0 Å². The standard InChI is InChI=1S/C40H77N2O6P/c1-6-8-10-12-14-16-18-19-20-21-22-24-26-28-30-32-34-40(44)41-38(37-48-49(45,46)47-36-35-42(3,4)5)39(43)33-31-29-27-25-23-17-15-13-11-9-7-2/h11,13,23,25,31,33,38-39,43H,6-10,12,14-22,24,26-30,32,34-37H2,1-5H3,(H-,41,44,45,46)/p+1/b13-11+,25-23+,33-31+. The van der Waals surface area contributed by atoms with Gasteiger partial charge in [-0.25, -0.2) is 4.57 Å². The van der Waals surface area contributed by atoms with E-state index in [-0.39, 0.29) is 19.1 Å². The highest BCUT2D eigenvalue weighted by atomic mass is 31.2.